The molecule has 4 rings (SSSR count). The van der Waals surface area contributed by atoms with E-state index in [1.807, 2.05) is 31.2 Å². The van der Waals surface area contributed by atoms with Crippen molar-refractivity contribution >= 4 is 33.0 Å². The van der Waals surface area contributed by atoms with Crippen molar-refractivity contribution in [3.8, 4) is 0 Å². The largest absolute Gasteiger partial charge is 0.307 e. The van der Waals surface area contributed by atoms with Crippen molar-refractivity contribution in [2.45, 2.75) is 24.3 Å². The first-order valence-corrected chi connectivity index (χ1v) is 11.5. The molecule has 1 heterocycles. The molecule has 3 aromatic carbocycles. The summed E-state index contributed by atoms with van der Waals surface area (Å²) in [6.07, 6.45) is 0.671. The summed E-state index contributed by atoms with van der Waals surface area (Å²) in [7, 11) is -4.15. The van der Waals surface area contributed by atoms with Crippen molar-refractivity contribution in [3.63, 3.8) is 0 Å². The van der Waals surface area contributed by atoms with Gasteiger partial charge in [-0.25, -0.2) is 8.42 Å². The van der Waals surface area contributed by atoms with Crippen molar-refractivity contribution in [1.82, 2.24) is 0 Å². The average molecular weight is 452 g/mol. The van der Waals surface area contributed by atoms with E-state index < -0.39 is 27.4 Å². The molecule has 1 amide bonds. The summed E-state index contributed by atoms with van der Waals surface area (Å²) < 4.78 is 27.9. The Balaban J connectivity index is 1.76. The molecule has 0 spiro atoms. The molecule has 164 valence electrons. The summed E-state index contributed by atoms with van der Waals surface area (Å²) in [6.45, 7) is 1.42. The number of fused-ring (bicyclic) bond motifs is 1. The summed E-state index contributed by atoms with van der Waals surface area (Å²) in [5.74, 6) is -0.409. The third-order valence-electron chi connectivity index (χ3n) is 5.41. The van der Waals surface area contributed by atoms with E-state index in [0.717, 1.165) is 21.6 Å². The van der Waals surface area contributed by atoms with Gasteiger partial charge in [0.15, 0.2) is 0 Å². The van der Waals surface area contributed by atoms with E-state index in [9.17, 15) is 23.3 Å². The van der Waals surface area contributed by atoms with Crippen LogP contribution in [0.2, 0.25) is 0 Å². The Morgan fingerprint density at radius 3 is 2.47 bits per heavy atom. The fourth-order valence-corrected chi connectivity index (χ4v) is 5.37. The maximum absolute atomic E-state index is 13.5. The second kappa shape index (κ2) is 8.43. The summed E-state index contributed by atoms with van der Waals surface area (Å²) in [4.78, 5) is 25.6. The lowest BCUT2D eigenvalue weighted by Crippen LogP contribution is -2.45. The van der Waals surface area contributed by atoms with Crippen LogP contribution in [0, 0.1) is 10.1 Å². The van der Waals surface area contributed by atoms with Crippen molar-refractivity contribution in [2.75, 3.05) is 15.7 Å². The number of benzene rings is 3. The number of non-ortho nitro benzene ring substituents is 1. The predicted octanol–water partition coefficient (Wildman–Crippen LogP) is 3.77. The van der Waals surface area contributed by atoms with Gasteiger partial charge in [-0.1, -0.05) is 42.5 Å². The van der Waals surface area contributed by atoms with E-state index >= 15 is 0 Å². The lowest BCUT2D eigenvalue weighted by atomic mass is 10.1. The first-order chi connectivity index (χ1) is 15.3. The van der Waals surface area contributed by atoms with Crippen LogP contribution in [0.5, 0.6) is 0 Å². The van der Waals surface area contributed by atoms with Crippen molar-refractivity contribution < 1.29 is 18.1 Å². The maximum Gasteiger partial charge on any atom is 0.271 e. The van der Waals surface area contributed by atoms with E-state index in [0.29, 0.717) is 6.42 Å². The molecular formula is C23H21N3O5S. The molecule has 0 unspecified atom stereocenters. The highest BCUT2D eigenvalue weighted by Crippen LogP contribution is 2.33. The molecule has 0 bridgehead atoms. The molecule has 0 saturated heterocycles. The van der Waals surface area contributed by atoms with Gasteiger partial charge >= 0.3 is 0 Å². The van der Waals surface area contributed by atoms with Gasteiger partial charge in [-0.2, -0.15) is 0 Å². The first kappa shape index (κ1) is 21.5. The molecule has 9 heteroatoms. The van der Waals surface area contributed by atoms with E-state index in [-0.39, 0.29) is 22.3 Å². The lowest BCUT2D eigenvalue weighted by Gasteiger charge is -2.28. The third kappa shape index (κ3) is 3.94. The molecule has 32 heavy (non-hydrogen) atoms. The zero-order chi connectivity index (χ0) is 22.9. The SMILES string of the molecule is C[C@@H]1Cc2ccccc2N1C(=O)CN(c1cccc([N+](=O)[O-])c1)S(=O)(=O)c1ccccc1. The van der Waals surface area contributed by atoms with Crippen molar-refractivity contribution in [1.29, 1.82) is 0 Å². The number of para-hydroxylation sites is 1. The molecule has 3 aromatic rings. The second-order valence-corrected chi connectivity index (χ2v) is 9.41. The standard InChI is InChI=1S/C23H21N3O5S/c1-17-14-18-8-5-6-13-22(18)25(17)23(27)16-24(19-9-7-10-20(15-19)26(28)29)32(30,31)21-11-3-2-4-12-21/h2-13,15,17H,14,16H2,1H3/t17-/m1/s1. The van der Waals surface area contributed by atoms with E-state index in [4.69, 9.17) is 0 Å². The molecule has 0 N–H and O–H groups in total. The molecule has 0 saturated carbocycles. The number of sulfonamides is 1. The van der Waals surface area contributed by atoms with Crippen molar-refractivity contribution in [2.24, 2.45) is 0 Å². The van der Waals surface area contributed by atoms with Gasteiger partial charge in [-0.15, -0.1) is 0 Å². The Morgan fingerprint density at radius 1 is 1.06 bits per heavy atom. The van der Waals surface area contributed by atoms with Crippen LogP contribution in [-0.2, 0) is 21.2 Å². The number of carbonyl (C=O) groups excluding carboxylic acids is 1. The number of rotatable bonds is 6. The number of amides is 1. The van der Waals surface area contributed by atoms with E-state index in [2.05, 4.69) is 0 Å². The second-order valence-electron chi connectivity index (χ2n) is 7.55. The molecule has 0 aromatic heterocycles. The Morgan fingerprint density at radius 2 is 1.75 bits per heavy atom. The average Bonchev–Trinajstić information content (AvgIpc) is 3.13. The van der Waals surface area contributed by atoms with E-state index in [1.165, 1.54) is 30.3 Å². The quantitative estimate of drug-likeness (QED) is 0.419. The highest BCUT2D eigenvalue weighted by molar-refractivity contribution is 7.92. The number of hydrogen-bond donors (Lipinski definition) is 0. The normalized spacial score (nSPS) is 15.3. The molecular weight excluding hydrogens is 430 g/mol. The topological polar surface area (TPSA) is 101 Å². The van der Waals surface area contributed by atoms with Crippen LogP contribution >= 0.6 is 0 Å². The van der Waals surface area contributed by atoms with E-state index in [1.54, 1.807) is 23.1 Å². The Labute approximate surface area is 185 Å². The Hall–Kier alpha value is -3.72. The molecule has 0 fully saturated rings. The van der Waals surface area contributed by atoms with Gasteiger partial charge < -0.3 is 4.90 Å². The van der Waals surface area contributed by atoms with Gasteiger partial charge in [0, 0.05) is 23.9 Å². The molecule has 1 aliphatic heterocycles. The molecule has 1 aliphatic rings. The zero-order valence-electron chi connectivity index (χ0n) is 17.3. The summed E-state index contributed by atoms with van der Waals surface area (Å²) in [6, 6.07) is 20.4. The number of nitro groups is 1. The fraction of sp³-hybridized carbons (Fsp3) is 0.174. The van der Waals surface area contributed by atoms with Crippen LogP contribution in [-0.4, -0.2) is 31.8 Å². The monoisotopic (exact) mass is 451 g/mol. The third-order valence-corrected chi connectivity index (χ3v) is 7.20. The number of hydrogen-bond acceptors (Lipinski definition) is 5. The van der Waals surface area contributed by atoms with Crippen LogP contribution in [0.25, 0.3) is 0 Å². The number of nitro benzene ring substituents is 1. The minimum absolute atomic E-state index is 0.00539. The number of nitrogens with zero attached hydrogens (tertiary/aromatic N) is 3. The van der Waals surface area contributed by atoms with Crippen LogP contribution in [0.3, 0.4) is 0 Å². The van der Waals surface area contributed by atoms with Gasteiger partial charge in [-0.05, 0) is 43.2 Å². The van der Waals surface area contributed by atoms with Gasteiger partial charge in [0.2, 0.25) is 5.91 Å². The fourth-order valence-electron chi connectivity index (χ4n) is 3.94. The van der Waals surface area contributed by atoms with Crippen LogP contribution in [0.1, 0.15) is 12.5 Å². The molecule has 0 radical (unpaired) electrons. The zero-order valence-corrected chi connectivity index (χ0v) is 18.1. The Bertz CT molecular complexity index is 1280. The predicted molar refractivity (Wildman–Crippen MR) is 121 cm³/mol. The van der Waals surface area contributed by atoms with Crippen LogP contribution < -0.4 is 9.21 Å². The van der Waals surface area contributed by atoms with Crippen LogP contribution in [0.4, 0.5) is 17.1 Å². The summed E-state index contributed by atoms with van der Waals surface area (Å²) in [5, 5.41) is 11.3. The first-order valence-electron chi connectivity index (χ1n) is 10.0. The minimum Gasteiger partial charge on any atom is -0.307 e. The highest BCUT2D eigenvalue weighted by atomic mass is 32.2. The van der Waals surface area contributed by atoms with Gasteiger partial charge in [0.25, 0.3) is 15.7 Å². The Kier molecular flexibility index (Phi) is 5.67. The molecule has 8 nitrogen and oxygen atoms in total. The minimum atomic E-state index is -4.15. The smallest absolute Gasteiger partial charge is 0.271 e. The molecule has 1 atom stereocenters. The van der Waals surface area contributed by atoms with Gasteiger partial charge in [0.05, 0.1) is 15.5 Å². The lowest BCUT2D eigenvalue weighted by molar-refractivity contribution is -0.384. The number of anilines is 2. The van der Waals surface area contributed by atoms with Gasteiger partial charge in [-0.3, -0.25) is 19.2 Å². The summed E-state index contributed by atoms with van der Waals surface area (Å²) >= 11 is 0. The van der Waals surface area contributed by atoms with Crippen molar-refractivity contribution in [3.05, 3.63) is 94.5 Å². The summed E-state index contributed by atoms with van der Waals surface area (Å²) in [5.41, 5.74) is 1.56. The highest BCUT2D eigenvalue weighted by Gasteiger charge is 2.35. The molecule has 0 aliphatic carbocycles. The maximum atomic E-state index is 13.5. The number of carbonyl (C=O) groups is 1. The van der Waals surface area contributed by atoms with Crippen LogP contribution in [0.15, 0.2) is 83.8 Å². The van der Waals surface area contributed by atoms with Gasteiger partial charge in [0.1, 0.15) is 6.54 Å².